The summed E-state index contributed by atoms with van der Waals surface area (Å²) in [5, 5.41) is 0. The quantitative estimate of drug-likeness (QED) is 0.0514. The Labute approximate surface area is 296 Å². The van der Waals surface area contributed by atoms with Crippen molar-refractivity contribution in [3.8, 4) is 0 Å². The SMILES string of the molecule is C/C(C(=O)c1ccnc(C(F)(F)F)c1)=C(/[O][Cu][O]/C(=C(/C)C(=O)c1ccnc(C(F)(F)F)c1)c1ccnc(C(F)(F)F)c1)c1ccnc(C(F)(F)F)c1. The molecule has 0 amide bonds. The minimum atomic E-state index is -5.04. The summed E-state index contributed by atoms with van der Waals surface area (Å²) in [6.07, 6.45) is -17.5. The zero-order valence-electron chi connectivity index (χ0n) is 26.2. The van der Waals surface area contributed by atoms with E-state index >= 15 is 0 Å². The molecule has 0 aliphatic carbocycles. The summed E-state index contributed by atoms with van der Waals surface area (Å²) in [7, 11) is 0. The van der Waals surface area contributed by atoms with Gasteiger partial charge in [-0.3, -0.25) is 0 Å². The van der Waals surface area contributed by atoms with E-state index in [4.69, 9.17) is 7.64 Å². The van der Waals surface area contributed by atoms with Gasteiger partial charge >= 0.3 is 297 Å². The van der Waals surface area contributed by atoms with Crippen LogP contribution in [0.25, 0.3) is 11.5 Å². The van der Waals surface area contributed by atoms with Crippen molar-refractivity contribution < 1.29 is 85.5 Å². The molecule has 0 saturated carbocycles. The molecule has 0 unspecified atom stereocenters. The molecule has 4 rings (SSSR count). The van der Waals surface area contributed by atoms with Crippen LogP contribution in [-0.2, 0) is 48.0 Å². The fourth-order valence-electron chi connectivity index (χ4n) is 4.21. The van der Waals surface area contributed by atoms with E-state index in [1.165, 1.54) is 0 Å². The third kappa shape index (κ3) is 9.98. The number of hydrogen-bond donors (Lipinski definition) is 0. The van der Waals surface area contributed by atoms with Gasteiger partial charge in [0, 0.05) is 0 Å². The van der Waals surface area contributed by atoms with Crippen molar-refractivity contribution in [1.82, 2.24) is 19.9 Å². The summed E-state index contributed by atoms with van der Waals surface area (Å²) in [5.41, 5.74) is -9.53. The van der Waals surface area contributed by atoms with Crippen LogP contribution in [0.1, 0.15) is 68.5 Å². The summed E-state index contributed by atoms with van der Waals surface area (Å²) in [6.45, 7) is 1.92. The van der Waals surface area contributed by atoms with Gasteiger partial charge in [0.2, 0.25) is 0 Å². The first kappa shape index (κ1) is 40.5. The Morgan fingerprint density at radius 2 is 0.717 bits per heavy atom. The maximum absolute atomic E-state index is 13.5. The minimum absolute atomic E-state index is 0.103. The van der Waals surface area contributed by atoms with Gasteiger partial charge in [-0.25, -0.2) is 0 Å². The average molecular weight is 814 g/mol. The topological polar surface area (TPSA) is 104 Å². The Morgan fingerprint density at radius 1 is 0.472 bits per heavy atom. The van der Waals surface area contributed by atoms with Gasteiger partial charge in [0.15, 0.2) is 0 Å². The molecule has 0 fully saturated rings. The van der Waals surface area contributed by atoms with Crippen LogP contribution in [0.4, 0.5) is 52.7 Å². The van der Waals surface area contributed by atoms with E-state index in [0.29, 0.717) is 49.1 Å². The van der Waals surface area contributed by atoms with Crippen LogP contribution in [0.5, 0.6) is 0 Å². The first-order valence-corrected chi connectivity index (χ1v) is 14.8. The van der Waals surface area contributed by atoms with Crippen molar-refractivity contribution in [3.05, 3.63) is 129 Å². The third-order valence-corrected chi connectivity index (χ3v) is 7.33. The van der Waals surface area contributed by atoms with Crippen LogP contribution < -0.4 is 0 Å². The zero-order valence-corrected chi connectivity index (χ0v) is 27.1. The van der Waals surface area contributed by atoms with Gasteiger partial charge in [0.05, 0.1) is 0 Å². The normalized spacial score (nSPS) is 13.6. The summed E-state index contributed by atoms with van der Waals surface area (Å²) in [4.78, 5) is 39.3. The molecule has 285 valence electrons. The van der Waals surface area contributed by atoms with Gasteiger partial charge in [-0.15, -0.1) is 0 Å². The molecule has 53 heavy (non-hydrogen) atoms. The van der Waals surface area contributed by atoms with Gasteiger partial charge in [0.25, 0.3) is 0 Å². The van der Waals surface area contributed by atoms with Crippen molar-refractivity contribution in [2.24, 2.45) is 0 Å². The number of carbonyl (C=O) groups is 2. The first-order valence-electron chi connectivity index (χ1n) is 14.1. The summed E-state index contributed by atoms with van der Waals surface area (Å²) >= 11 is -0.103. The van der Waals surface area contributed by atoms with Crippen LogP contribution in [0.3, 0.4) is 0 Å². The Balaban J connectivity index is 1.82. The number of hydrogen-bond acceptors (Lipinski definition) is 8. The van der Waals surface area contributed by atoms with Gasteiger partial charge in [-0.05, 0) is 0 Å². The molecule has 0 atom stereocenters. The Hall–Kier alpha value is -5.30. The van der Waals surface area contributed by atoms with E-state index in [2.05, 4.69) is 19.9 Å². The molecule has 0 bridgehead atoms. The van der Waals surface area contributed by atoms with Crippen LogP contribution >= 0.6 is 0 Å². The molecule has 0 aliphatic heterocycles. The van der Waals surface area contributed by atoms with Crippen molar-refractivity contribution in [2.45, 2.75) is 38.6 Å². The summed E-state index contributed by atoms with van der Waals surface area (Å²) < 4.78 is 172. The number of Topliss-reactive ketones (excluding diaryl/α,β-unsaturated/α-hetero) is 2. The zero-order chi connectivity index (χ0) is 39.5. The number of aromatic nitrogens is 4. The Kier molecular flexibility index (Phi) is 11.7. The van der Waals surface area contributed by atoms with E-state index in [1.54, 1.807) is 0 Å². The van der Waals surface area contributed by atoms with Crippen LogP contribution in [-0.4, -0.2) is 31.5 Å². The van der Waals surface area contributed by atoms with E-state index in [9.17, 15) is 62.3 Å². The second-order valence-corrected chi connectivity index (χ2v) is 11.0. The van der Waals surface area contributed by atoms with E-state index in [1.807, 2.05) is 0 Å². The number of rotatable bonds is 10. The number of carbonyl (C=O) groups excluding carboxylic acids is 2. The molecule has 0 spiro atoms. The molecule has 21 heteroatoms. The standard InChI is InChI=1S/2C16H10F6N2O2.Cu/c2*1-8(13(25)9-2-4-23-11(6-9)15(17,18)19)14(26)10-3-5-24-12(7-10)16(20,21)22;/h2*2-7,25H,1H3;/q;;+2/p-2/b2*13-8-;. The Morgan fingerprint density at radius 3 is 0.981 bits per heavy atom. The molecule has 4 aromatic rings. The van der Waals surface area contributed by atoms with Gasteiger partial charge in [0.1, 0.15) is 0 Å². The first-order chi connectivity index (χ1) is 24.5. The Bertz CT molecular complexity index is 1950. The molecular formula is C32H18CuF12N4O4. The van der Waals surface area contributed by atoms with Crippen molar-refractivity contribution in [2.75, 3.05) is 0 Å². The number of allylic oxidation sites excluding steroid dienone is 2. The van der Waals surface area contributed by atoms with Crippen molar-refractivity contribution >= 4 is 23.1 Å². The fourth-order valence-corrected chi connectivity index (χ4v) is 4.91. The predicted molar refractivity (Wildman–Crippen MR) is 153 cm³/mol. The second-order valence-electron chi connectivity index (χ2n) is 10.4. The van der Waals surface area contributed by atoms with E-state index in [-0.39, 0.29) is 15.6 Å². The molecule has 0 saturated heterocycles. The number of pyridine rings is 4. The fraction of sp³-hybridized carbons (Fsp3) is 0.188. The van der Waals surface area contributed by atoms with Gasteiger partial charge in [-0.1, -0.05) is 0 Å². The molecule has 0 aromatic carbocycles. The molecule has 4 aromatic heterocycles. The van der Waals surface area contributed by atoms with Gasteiger partial charge in [-0.2, -0.15) is 0 Å². The number of nitrogens with zero attached hydrogens (tertiary/aromatic N) is 4. The monoisotopic (exact) mass is 813 g/mol. The second kappa shape index (κ2) is 15.4. The van der Waals surface area contributed by atoms with Crippen molar-refractivity contribution in [1.29, 1.82) is 0 Å². The van der Waals surface area contributed by atoms with E-state index < -0.39 is 104 Å². The number of ketones is 2. The molecule has 0 aliphatic rings. The maximum atomic E-state index is 13.5. The third-order valence-electron chi connectivity index (χ3n) is 6.79. The predicted octanol–water partition coefficient (Wildman–Crippen LogP) is 9.22. The van der Waals surface area contributed by atoms with E-state index in [0.717, 1.165) is 38.1 Å². The van der Waals surface area contributed by atoms with Gasteiger partial charge < -0.3 is 0 Å². The van der Waals surface area contributed by atoms with Crippen LogP contribution in [0.15, 0.2) is 84.5 Å². The van der Waals surface area contributed by atoms with Crippen LogP contribution in [0, 0.1) is 0 Å². The van der Waals surface area contributed by atoms with Crippen molar-refractivity contribution in [3.63, 3.8) is 0 Å². The molecule has 4 heterocycles. The molecule has 8 nitrogen and oxygen atoms in total. The summed E-state index contributed by atoms with van der Waals surface area (Å²) in [5.74, 6) is -3.96. The number of halogens is 12. The number of alkyl halides is 12. The molecule has 0 N–H and O–H groups in total. The molecule has 0 radical (unpaired) electrons. The summed E-state index contributed by atoms with van der Waals surface area (Å²) in [6, 6.07) is 5.11. The van der Waals surface area contributed by atoms with Crippen LogP contribution in [0.2, 0.25) is 0 Å². The molecular weight excluding hydrogens is 796 g/mol. The average Bonchev–Trinajstić information content (AvgIpc) is 3.09.